The van der Waals surface area contributed by atoms with Gasteiger partial charge >= 0.3 is 0 Å². The molecule has 7 heteroatoms. The molecule has 0 radical (unpaired) electrons. The molecule has 1 aromatic carbocycles. The third kappa shape index (κ3) is 4.74. The van der Waals surface area contributed by atoms with Crippen molar-refractivity contribution in [3.63, 3.8) is 0 Å². The number of ether oxygens (including phenoxy) is 2. The average Bonchev–Trinajstić information content (AvgIpc) is 3.16. The molecule has 2 aromatic rings. The number of amides is 1. The molecule has 0 saturated carbocycles. The molecule has 134 valence electrons. The molecule has 0 bridgehead atoms. The van der Waals surface area contributed by atoms with Crippen molar-refractivity contribution in [1.82, 2.24) is 10.5 Å². The first kappa shape index (κ1) is 17.8. The predicted octanol–water partition coefficient (Wildman–Crippen LogP) is 2.70. The van der Waals surface area contributed by atoms with Crippen LogP contribution in [0.5, 0.6) is 5.75 Å². The Morgan fingerprint density at radius 2 is 2.20 bits per heavy atom. The zero-order valence-corrected chi connectivity index (χ0v) is 15.0. The van der Waals surface area contributed by atoms with Crippen molar-refractivity contribution in [1.29, 1.82) is 0 Å². The van der Waals surface area contributed by atoms with Crippen LogP contribution in [0, 0.1) is 19.8 Å². The lowest BCUT2D eigenvalue weighted by Crippen LogP contribution is -2.42. The minimum Gasteiger partial charge on any atom is -0.484 e. The summed E-state index contributed by atoms with van der Waals surface area (Å²) in [6.07, 6.45) is 0.683. The third-order valence-electron chi connectivity index (χ3n) is 4.18. The lowest BCUT2D eigenvalue weighted by atomic mass is 9.98. The van der Waals surface area contributed by atoms with E-state index >= 15 is 0 Å². The Balaban J connectivity index is 1.51. The zero-order chi connectivity index (χ0) is 17.8. The summed E-state index contributed by atoms with van der Waals surface area (Å²) in [5.41, 5.74) is 1.74. The molecule has 1 saturated heterocycles. The van der Waals surface area contributed by atoms with E-state index in [0.29, 0.717) is 30.4 Å². The number of benzene rings is 1. The molecule has 3 rings (SSSR count). The second-order valence-electron chi connectivity index (χ2n) is 6.31. The molecule has 1 aliphatic rings. The van der Waals surface area contributed by atoms with Crippen molar-refractivity contribution < 1.29 is 18.8 Å². The molecule has 1 N–H and O–H groups in total. The smallest absolute Gasteiger partial charge is 0.258 e. The maximum absolute atomic E-state index is 12.2. The first-order chi connectivity index (χ1) is 12.0. The van der Waals surface area contributed by atoms with Crippen LogP contribution >= 0.6 is 11.6 Å². The molecule has 1 aromatic heterocycles. The molecule has 0 unspecified atom stereocenters. The summed E-state index contributed by atoms with van der Waals surface area (Å²) in [6, 6.07) is 7.15. The van der Waals surface area contributed by atoms with Crippen LogP contribution in [0.1, 0.15) is 17.0 Å². The van der Waals surface area contributed by atoms with E-state index < -0.39 is 0 Å². The summed E-state index contributed by atoms with van der Waals surface area (Å²) in [7, 11) is 0. The number of carbonyl (C=O) groups is 1. The molecule has 1 aliphatic heterocycles. The highest BCUT2D eigenvalue weighted by molar-refractivity contribution is 6.30. The van der Waals surface area contributed by atoms with Crippen molar-refractivity contribution in [3.05, 3.63) is 46.3 Å². The van der Waals surface area contributed by atoms with E-state index in [9.17, 15) is 4.79 Å². The van der Waals surface area contributed by atoms with Gasteiger partial charge in [-0.15, -0.1) is 0 Å². The van der Waals surface area contributed by atoms with Gasteiger partial charge in [-0.2, -0.15) is 0 Å². The second kappa shape index (κ2) is 7.89. The van der Waals surface area contributed by atoms with Gasteiger partial charge in [0, 0.05) is 23.4 Å². The van der Waals surface area contributed by atoms with Crippen LogP contribution in [-0.4, -0.2) is 36.9 Å². The minimum absolute atomic E-state index is 0.0485. The second-order valence-corrected chi connectivity index (χ2v) is 6.75. The number of aromatic nitrogens is 1. The van der Waals surface area contributed by atoms with Gasteiger partial charge in [-0.3, -0.25) is 4.79 Å². The number of halogens is 1. The highest BCUT2D eigenvalue weighted by atomic mass is 35.5. The number of aryl methyl sites for hydroxylation is 2. The van der Waals surface area contributed by atoms with Crippen LogP contribution in [0.3, 0.4) is 0 Å². The normalized spacial score (nSPS) is 19.8. The monoisotopic (exact) mass is 364 g/mol. The summed E-state index contributed by atoms with van der Waals surface area (Å²) >= 11 is 5.92. The summed E-state index contributed by atoms with van der Waals surface area (Å²) in [6.45, 7) is 4.80. The quantitative estimate of drug-likeness (QED) is 0.853. The Labute approximate surface area is 151 Å². The number of rotatable bonds is 6. The highest BCUT2D eigenvalue weighted by Gasteiger charge is 2.30. The van der Waals surface area contributed by atoms with Crippen molar-refractivity contribution in [2.24, 2.45) is 5.92 Å². The van der Waals surface area contributed by atoms with Crippen LogP contribution in [0.25, 0.3) is 0 Å². The Hall–Kier alpha value is -2.05. The van der Waals surface area contributed by atoms with E-state index in [0.717, 1.165) is 17.0 Å². The Bertz CT molecular complexity index is 746. The SMILES string of the molecule is Cc1cc(C[C@@H]2COC[C@@H]2NC(=O)COc2ccc(Cl)cc2C)on1. The lowest BCUT2D eigenvalue weighted by molar-refractivity contribution is -0.124. The van der Waals surface area contributed by atoms with E-state index in [1.807, 2.05) is 19.9 Å². The predicted molar refractivity (Wildman–Crippen MR) is 92.9 cm³/mol. The summed E-state index contributed by atoms with van der Waals surface area (Å²) < 4.78 is 16.3. The number of nitrogens with zero attached hydrogens (tertiary/aromatic N) is 1. The molecule has 25 heavy (non-hydrogen) atoms. The van der Waals surface area contributed by atoms with Gasteiger partial charge in [0.2, 0.25) is 0 Å². The molecule has 1 amide bonds. The number of carbonyl (C=O) groups excluding carboxylic acids is 1. The van der Waals surface area contributed by atoms with Gasteiger partial charge in [-0.1, -0.05) is 16.8 Å². The van der Waals surface area contributed by atoms with Crippen molar-refractivity contribution >= 4 is 17.5 Å². The Kier molecular flexibility index (Phi) is 5.60. The van der Waals surface area contributed by atoms with Crippen molar-refractivity contribution in [3.8, 4) is 5.75 Å². The van der Waals surface area contributed by atoms with Gasteiger partial charge < -0.3 is 19.3 Å². The summed E-state index contributed by atoms with van der Waals surface area (Å²) in [5.74, 6) is 1.44. The summed E-state index contributed by atoms with van der Waals surface area (Å²) in [5, 5.41) is 7.51. The van der Waals surface area contributed by atoms with Crippen molar-refractivity contribution in [2.45, 2.75) is 26.3 Å². The fourth-order valence-electron chi connectivity index (χ4n) is 2.90. The van der Waals surface area contributed by atoms with E-state index in [-0.39, 0.29) is 24.5 Å². The van der Waals surface area contributed by atoms with Crippen LogP contribution in [0.4, 0.5) is 0 Å². The topological polar surface area (TPSA) is 73.6 Å². The maximum Gasteiger partial charge on any atom is 0.258 e. The Morgan fingerprint density at radius 3 is 2.92 bits per heavy atom. The molecule has 2 heterocycles. The molecule has 1 fully saturated rings. The fraction of sp³-hybridized carbons (Fsp3) is 0.444. The standard InChI is InChI=1S/C18H21ClN2O4/c1-11-5-14(19)3-4-17(11)24-10-18(22)20-16-9-23-8-13(16)7-15-6-12(2)21-25-15/h3-6,13,16H,7-10H2,1-2H3,(H,20,22)/t13-,16+/m1/s1. The number of hydrogen-bond donors (Lipinski definition) is 1. The van der Waals surface area contributed by atoms with Crippen molar-refractivity contribution in [2.75, 3.05) is 19.8 Å². The van der Waals surface area contributed by atoms with Gasteiger partial charge in [-0.25, -0.2) is 0 Å². The zero-order valence-electron chi connectivity index (χ0n) is 14.3. The molecule has 0 aliphatic carbocycles. The van der Waals surface area contributed by atoms with Gasteiger partial charge in [0.15, 0.2) is 6.61 Å². The first-order valence-corrected chi connectivity index (χ1v) is 8.57. The van der Waals surface area contributed by atoms with Crippen LogP contribution in [0.2, 0.25) is 5.02 Å². The maximum atomic E-state index is 12.2. The van der Waals surface area contributed by atoms with Crippen LogP contribution in [0.15, 0.2) is 28.8 Å². The third-order valence-corrected chi connectivity index (χ3v) is 4.42. The van der Waals surface area contributed by atoms with E-state index in [1.165, 1.54) is 0 Å². The largest absolute Gasteiger partial charge is 0.484 e. The number of nitrogens with one attached hydrogen (secondary N) is 1. The lowest BCUT2D eigenvalue weighted by Gasteiger charge is -2.18. The molecule has 0 spiro atoms. The summed E-state index contributed by atoms with van der Waals surface area (Å²) in [4.78, 5) is 12.2. The molecule has 2 atom stereocenters. The molecular weight excluding hydrogens is 344 g/mol. The Morgan fingerprint density at radius 1 is 1.36 bits per heavy atom. The van der Waals surface area contributed by atoms with E-state index in [2.05, 4.69) is 10.5 Å². The number of hydrogen-bond acceptors (Lipinski definition) is 5. The molecular formula is C18H21ClN2O4. The van der Waals surface area contributed by atoms with Crippen LogP contribution in [-0.2, 0) is 16.0 Å². The minimum atomic E-state index is -0.177. The average molecular weight is 365 g/mol. The van der Waals surface area contributed by atoms with E-state index in [4.69, 9.17) is 25.6 Å². The van der Waals surface area contributed by atoms with Gasteiger partial charge in [-0.05, 0) is 37.6 Å². The molecule has 6 nitrogen and oxygen atoms in total. The fourth-order valence-corrected chi connectivity index (χ4v) is 3.12. The highest BCUT2D eigenvalue weighted by Crippen LogP contribution is 2.22. The first-order valence-electron chi connectivity index (χ1n) is 8.19. The van der Waals surface area contributed by atoms with Crippen LogP contribution < -0.4 is 10.1 Å². The van der Waals surface area contributed by atoms with E-state index in [1.54, 1.807) is 18.2 Å². The van der Waals surface area contributed by atoms with Gasteiger partial charge in [0.05, 0.1) is 24.9 Å². The van der Waals surface area contributed by atoms with Gasteiger partial charge in [0.25, 0.3) is 5.91 Å². The van der Waals surface area contributed by atoms with Gasteiger partial charge in [0.1, 0.15) is 11.5 Å².